The summed E-state index contributed by atoms with van der Waals surface area (Å²) in [6.45, 7) is 0.231. The van der Waals surface area contributed by atoms with Gasteiger partial charge in [0.25, 0.3) is 0 Å². The molecule has 1 unspecified atom stereocenters. The van der Waals surface area contributed by atoms with E-state index in [4.69, 9.17) is 0 Å². The van der Waals surface area contributed by atoms with Crippen molar-refractivity contribution >= 4 is 0 Å². The summed E-state index contributed by atoms with van der Waals surface area (Å²) in [5.41, 5.74) is -0.250. The third-order valence-corrected chi connectivity index (χ3v) is 4.88. The lowest BCUT2D eigenvalue weighted by molar-refractivity contribution is -0.0260. The maximum atomic E-state index is 13.4. The average Bonchev–Trinajstić information content (AvgIpc) is 3.29. The van der Waals surface area contributed by atoms with Gasteiger partial charge in [0.2, 0.25) is 0 Å². The molecule has 1 aliphatic carbocycles. The molecule has 5 nitrogen and oxygen atoms in total. The number of nitrogens with zero attached hydrogens (tertiary/aromatic N) is 4. The van der Waals surface area contributed by atoms with Crippen molar-refractivity contribution in [1.29, 1.82) is 0 Å². The molecule has 0 bridgehead atoms. The van der Waals surface area contributed by atoms with Crippen LogP contribution in [0.25, 0.3) is 0 Å². The fourth-order valence-corrected chi connectivity index (χ4v) is 3.45. The number of hydrogen-bond donors (Lipinski definition) is 1. The van der Waals surface area contributed by atoms with Crippen LogP contribution >= 0.6 is 0 Å². The molecule has 3 aromatic rings. The van der Waals surface area contributed by atoms with Crippen molar-refractivity contribution in [3.8, 4) is 0 Å². The van der Waals surface area contributed by atoms with Gasteiger partial charge in [-0.15, -0.1) is 0 Å². The third kappa shape index (κ3) is 2.30. The Labute approximate surface area is 138 Å². The highest BCUT2D eigenvalue weighted by Gasteiger charge is 2.61. The largest absolute Gasteiger partial charge is 0.382 e. The second-order valence-electron chi connectivity index (χ2n) is 6.26. The minimum atomic E-state index is -1.25. The summed E-state index contributed by atoms with van der Waals surface area (Å²) in [5.74, 6) is -0.329. The van der Waals surface area contributed by atoms with E-state index < -0.39 is 11.0 Å². The van der Waals surface area contributed by atoms with E-state index >= 15 is 0 Å². The molecule has 0 saturated heterocycles. The van der Waals surface area contributed by atoms with Crippen LogP contribution in [0.1, 0.15) is 24.1 Å². The summed E-state index contributed by atoms with van der Waals surface area (Å²) in [6.07, 6.45) is 6.36. The van der Waals surface area contributed by atoms with E-state index in [9.17, 15) is 9.50 Å². The van der Waals surface area contributed by atoms with Gasteiger partial charge in [0.15, 0.2) is 0 Å². The quantitative estimate of drug-likeness (QED) is 0.783. The third-order valence-electron chi connectivity index (χ3n) is 4.88. The van der Waals surface area contributed by atoms with Crippen LogP contribution in [0.15, 0.2) is 61.3 Å². The summed E-state index contributed by atoms with van der Waals surface area (Å²) in [5, 5.41) is 15.9. The standard InChI is InChI=1S/C18H17FN4O/c19-15-6-4-14(5-7-15)18(24,11-23-13-20-12-22-23)17(8-9-17)16-3-1-2-10-21-16/h1-7,10,12-13,24H,8-9,11H2. The zero-order valence-electron chi connectivity index (χ0n) is 13.0. The summed E-state index contributed by atoms with van der Waals surface area (Å²) in [6, 6.07) is 11.7. The normalized spacial score (nSPS) is 18.1. The average molecular weight is 324 g/mol. The van der Waals surface area contributed by atoms with Crippen LogP contribution in [-0.4, -0.2) is 24.9 Å². The van der Waals surface area contributed by atoms with Crippen LogP contribution in [0.4, 0.5) is 4.39 Å². The van der Waals surface area contributed by atoms with Gasteiger partial charge in [0.1, 0.15) is 24.1 Å². The van der Waals surface area contributed by atoms with Gasteiger partial charge in [-0.2, -0.15) is 5.10 Å². The first-order valence-corrected chi connectivity index (χ1v) is 7.86. The summed E-state index contributed by atoms with van der Waals surface area (Å²) in [7, 11) is 0. The first-order valence-electron chi connectivity index (χ1n) is 7.86. The topological polar surface area (TPSA) is 63.8 Å². The van der Waals surface area contributed by atoms with Gasteiger partial charge in [-0.1, -0.05) is 18.2 Å². The van der Waals surface area contributed by atoms with Crippen molar-refractivity contribution < 1.29 is 9.50 Å². The van der Waals surface area contributed by atoms with Crippen LogP contribution in [0.3, 0.4) is 0 Å². The number of pyridine rings is 1. The van der Waals surface area contributed by atoms with E-state index in [0.717, 1.165) is 18.5 Å². The molecule has 1 aromatic carbocycles. The van der Waals surface area contributed by atoms with Gasteiger partial charge >= 0.3 is 0 Å². The highest BCUT2D eigenvalue weighted by Crippen LogP contribution is 2.59. The molecule has 1 aliphatic rings. The lowest BCUT2D eigenvalue weighted by Gasteiger charge is -2.37. The predicted molar refractivity (Wildman–Crippen MR) is 85.5 cm³/mol. The van der Waals surface area contributed by atoms with Gasteiger partial charge in [-0.05, 0) is 42.7 Å². The Morgan fingerprint density at radius 3 is 2.54 bits per heavy atom. The fraction of sp³-hybridized carbons (Fsp3) is 0.278. The molecule has 2 aromatic heterocycles. The second-order valence-corrected chi connectivity index (χ2v) is 6.26. The first kappa shape index (κ1) is 15.0. The van der Waals surface area contributed by atoms with Gasteiger partial charge < -0.3 is 5.11 Å². The molecule has 0 aliphatic heterocycles. The van der Waals surface area contributed by atoms with Gasteiger partial charge in [0.05, 0.1) is 6.54 Å². The van der Waals surface area contributed by atoms with E-state index in [-0.39, 0.29) is 12.4 Å². The molecule has 0 radical (unpaired) electrons. The minimum absolute atomic E-state index is 0.231. The molecule has 1 fully saturated rings. The first-order chi connectivity index (χ1) is 11.6. The summed E-state index contributed by atoms with van der Waals surface area (Å²) < 4.78 is 15.0. The van der Waals surface area contributed by atoms with Gasteiger partial charge in [-0.25, -0.2) is 14.1 Å². The molecule has 0 amide bonds. The number of rotatable bonds is 5. The highest BCUT2D eigenvalue weighted by atomic mass is 19.1. The van der Waals surface area contributed by atoms with Crippen LogP contribution < -0.4 is 0 Å². The Bertz CT molecular complexity index is 816. The molecule has 24 heavy (non-hydrogen) atoms. The molecular formula is C18H17FN4O. The van der Waals surface area contributed by atoms with E-state index in [1.807, 2.05) is 18.2 Å². The predicted octanol–water partition coefficient (Wildman–Crippen LogP) is 2.43. The fourth-order valence-electron chi connectivity index (χ4n) is 3.45. The van der Waals surface area contributed by atoms with Gasteiger partial charge in [0, 0.05) is 17.3 Å². The minimum Gasteiger partial charge on any atom is -0.382 e. The zero-order chi connectivity index (χ0) is 16.6. The Hall–Kier alpha value is -2.60. The second kappa shape index (κ2) is 5.49. The molecule has 1 atom stereocenters. The van der Waals surface area contributed by atoms with Crippen molar-refractivity contribution in [2.45, 2.75) is 30.4 Å². The Morgan fingerprint density at radius 2 is 1.96 bits per heavy atom. The Balaban J connectivity index is 1.83. The molecular weight excluding hydrogens is 307 g/mol. The molecule has 6 heteroatoms. The molecule has 1 N–H and O–H groups in total. The van der Waals surface area contributed by atoms with E-state index in [1.54, 1.807) is 29.3 Å². The number of aliphatic hydroxyl groups is 1. The van der Waals surface area contributed by atoms with Crippen molar-refractivity contribution in [3.05, 3.63) is 78.4 Å². The van der Waals surface area contributed by atoms with Crippen molar-refractivity contribution in [2.24, 2.45) is 0 Å². The SMILES string of the molecule is OC(Cn1cncn1)(c1ccc(F)cc1)C1(c2ccccn2)CC1. The molecule has 2 heterocycles. The van der Waals surface area contributed by atoms with E-state index in [1.165, 1.54) is 18.5 Å². The molecule has 4 rings (SSSR count). The number of hydrogen-bond acceptors (Lipinski definition) is 4. The van der Waals surface area contributed by atoms with Crippen LogP contribution in [-0.2, 0) is 17.6 Å². The van der Waals surface area contributed by atoms with E-state index in [0.29, 0.717) is 5.56 Å². The lowest BCUT2D eigenvalue weighted by Crippen LogP contribution is -2.44. The Morgan fingerprint density at radius 1 is 1.17 bits per heavy atom. The maximum Gasteiger partial charge on any atom is 0.137 e. The Kier molecular flexibility index (Phi) is 3.42. The van der Waals surface area contributed by atoms with Gasteiger partial charge in [-0.3, -0.25) is 4.98 Å². The van der Waals surface area contributed by atoms with Crippen molar-refractivity contribution in [2.75, 3.05) is 0 Å². The summed E-state index contributed by atoms with van der Waals surface area (Å²) in [4.78, 5) is 8.43. The highest BCUT2D eigenvalue weighted by molar-refractivity contribution is 5.38. The molecule has 122 valence electrons. The smallest absolute Gasteiger partial charge is 0.137 e. The maximum absolute atomic E-state index is 13.4. The molecule has 0 spiro atoms. The van der Waals surface area contributed by atoms with Crippen LogP contribution in [0.5, 0.6) is 0 Å². The molecule has 1 saturated carbocycles. The van der Waals surface area contributed by atoms with Crippen molar-refractivity contribution in [3.63, 3.8) is 0 Å². The van der Waals surface area contributed by atoms with Crippen LogP contribution in [0, 0.1) is 5.82 Å². The zero-order valence-corrected chi connectivity index (χ0v) is 13.0. The summed E-state index contributed by atoms with van der Waals surface area (Å²) >= 11 is 0. The number of benzene rings is 1. The lowest BCUT2D eigenvalue weighted by atomic mass is 9.76. The van der Waals surface area contributed by atoms with Crippen molar-refractivity contribution in [1.82, 2.24) is 19.7 Å². The number of halogens is 1. The monoisotopic (exact) mass is 324 g/mol. The van der Waals surface area contributed by atoms with E-state index in [2.05, 4.69) is 15.1 Å². The number of aromatic nitrogens is 4. The van der Waals surface area contributed by atoms with Crippen LogP contribution in [0.2, 0.25) is 0 Å².